The second-order valence-electron chi connectivity index (χ2n) is 7.68. The zero-order valence-corrected chi connectivity index (χ0v) is 17.6. The van der Waals surface area contributed by atoms with E-state index < -0.39 is 0 Å². The molecular weight excluding hydrogens is 352 g/mol. The summed E-state index contributed by atoms with van der Waals surface area (Å²) >= 11 is 0. The molecule has 4 heterocycles. The van der Waals surface area contributed by atoms with Gasteiger partial charge in [-0.05, 0) is 38.3 Å². The molecule has 0 fully saturated rings. The van der Waals surface area contributed by atoms with Crippen molar-refractivity contribution >= 4 is 6.21 Å². The SMILES string of the molecule is CCCN1CC(C)=C(C)C2=C1N1CN(OCn3cc(C)nc3CC)C=C1C=N2. The first-order valence-corrected chi connectivity index (χ1v) is 10.1. The first kappa shape index (κ1) is 18.8. The highest BCUT2D eigenvalue weighted by molar-refractivity contribution is 5.82. The topological polar surface area (TPSA) is 49.1 Å². The van der Waals surface area contributed by atoms with Crippen molar-refractivity contribution in [2.24, 2.45) is 4.99 Å². The molecule has 3 aliphatic heterocycles. The zero-order chi connectivity index (χ0) is 19.8. The predicted molar refractivity (Wildman–Crippen MR) is 110 cm³/mol. The van der Waals surface area contributed by atoms with Crippen LogP contribution in [0.25, 0.3) is 0 Å². The number of aryl methyl sites for hydroxylation is 2. The van der Waals surface area contributed by atoms with Gasteiger partial charge in [0.25, 0.3) is 0 Å². The van der Waals surface area contributed by atoms with Crippen LogP contribution in [0.1, 0.15) is 45.6 Å². The van der Waals surface area contributed by atoms with E-state index >= 15 is 0 Å². The van der Waals surface area contributed by atoms with E-state index in [4.69, 9.17) is 9.83 Å². The maximum Gasteiger partial charge on any atom is 0.151 e. The van der Waals surface area contributed by atoms with E-state index in [1.807, 2.05) is 30.6 Å². The van der Waals surface area contributed by atoms with Crippen molar-refractivity contribution in [3.63, 3.8) is 0 Å². The summed E-state index contributed by atoms with van der Waals surface area (Å²) in [5.74, 6) is 2.25. The molecule has 0 unspecified atom stereocenters. The molecule has 0 saturated heterocycles. The molecule has 7 heteroatoms. The minimum Gasteiger partial charge on any atom is -0.352 e. The van der Waals surface area contributed by atoms with Crippen LogP contribution in [0.2, 0.25) is 0 Å². The summed E-state index contributed by atoms with van der Waals surface area (Å²) in [4.78, 5) is 20.2. The van der Waals surface area contributed by atoms with Crippen molar-refractivity contribution in [3.05, 3.63) is 52.3 Å². The Hall–Kier alpha value is -2.54. The number of hydroxylamine groups is 2. The Labute approximate surface area is 167 Å². The number of hydrogen-bond donors (Lipinski definition) is 0. The number of fused-ring (bicyclic) bond motifs is 2. The Kier molecular flexibility index (Phi) is 5.02. The average Bonchev–Trinajstić information content (AvgIpc) is 3.26. The van der Waals surface area contributed by atoms with E-state index in [2.05, 4.69) is 47.0 Å². The van der Waals surface area contributed by atoms with E-state index in [-0.39, 0.29) is 0 Å². The van der Waals surface area contributed by atoms with Crippen LogP contribution in [0.15, 0.2) is 45.8 Å². The molecule has 7 nitrogen and oxygen atoms in total. The van der Waals surface area contributed by atoms with E-state index in [1.54, 1.807) is 0 Å². The fraction of sp³-hybridized carbons (Fsp3) is 0.524. The highest BCUT2D eigenvalue weighted by Crippen LogP contribution is 2.36. The van der Waals surface area contributed by atoms with Crippen LogP contribution in [0.5, 0.6) is 0 Å². The second kappa shape index (κ2) is 7.47. The number of aromatic nitrogens is 2. The Morgan fingerprint density at radius 2 is 2.00 bits per heavy atom. The van der Waals surface area contributed by atoms with Gasteiger partial charge in [0.1, 0.15) is 24.0 Å². The molecule has 1 aromatic heterocycles. The molecule has 3 aliphatic rings. The van der Waals surface area contributed by atoms with Crippen LogP contribution in [-0.4, -0.2) is 50.4 Å². The average molecular weight is 383 g/mol. The maximum absolute atomic E-state index is 6.08. The molecule has 0 radical (unpaired) electrons. The number of hydrogen-bond acceptors (Lipinski definition) is 6. The Bertz CT molecular complexity index is 891. The lowest BCUT2D eigenvalue weighted by Gasteiger charge is -2.40. The molecule has 0 spiro atoms. The highest BCUT2D eigenvalue weighted by atomic mass is 16.7. The van der Waals surface area contributed by atoms with Crippen LogP contribution < -0.4 is 0 Å². The lowest BCUT2D eigenvalue weighted by molar-refractivity contribution is -0.159. The van der Waals surface area contributed by atoms with Gasteiger partial charge in [-0.25, -0.2) is 10.0 Å². The number of nitrogens with zero attached hydrogens (tertiary/aromatic N) is 6. The molecule has 150 valence electrons. The third-order valence-electron chi connectivity index (χ3n) is 5.54. The Morgan fingerprint density at radius 3 is 2.75 bits per heavy atom. The fourth-order valence-corrected chi connectivity index (χ4v) is 4.01. The molecule has 0 atom stereocenters. The minimum atomic E-state index is 0.460. The molecule has 0 aromatic carbocycles. The van der Waals surface area contributed by atoms with Crippen molar-refractivity contribution in [1.29, 1.82) is 0 Å². The largest absolute Gasteiger partial charge is 0.352 e. The van der Waals surface area contributed by atoms with Gasteiger partial charge in [0, 0.05) is 25.7 Å². The summed E-state index contributed by atoms with van der Waals surface area (Å²) in [6.45, 7) is 13.9. The van der Waals surface area contributed by atoms with Gasteiger partial charge in [-0.1, -0.05) is 13.8 Å². The second-order valence-corrected chi connectivity index (χ2v) is 7.68. The molecule has 0 amide bonds. The molecule has 0 aliphatic carbocycles. The molecule has 0 N–H and O–H groups in total. The lowest BCUT2D eigenvalue weighted by atomic mass is 10.0. The van der Waals surface area contributed by atoms with Gasteiger partial charge in [0.2, 0.25) is 0 Å². The van der Waals surface area contributed by atoms with E-state index in [9.17, 15) is 0 Å². The van der Waals surface area contributed by atoms with Crippen molar-refractivity contribution < 1.29 is 4.84 Å². The van der Waals surface area contributed by atoms with Crippen LogP contribution in [0.3, 0.4) is 0 Å². The summed E-state index contributed by atoms with van der Waals surface area (Å²) in [7, 11) is 0. The monoisotopic (exact) mass is 382 g/mol. The van der Waals surface area contributed by atoms with E-state index in [0.29, 0.717) is 13.4 Å². The Morgan fingerprint density at radius 1 is 1.18 bits per heavy atom. The normalized spacial score (nSPS) is 18.9. The van der Waals surface area contributed by atoms with Gasteiger partial charge in [0.05, 0.1) is 23.8 Å². The van der Waals surface area contributed by atoms with Gasteiger partial charge >= 0.3 is 0 Å². The molecular formula is C21H30N6O. The highest BCUT2D eigenvalue weighted by Gasteiger charge is 2.34. The maximum atomic E-state index is 6.08. The molecule has 0 bridgehead atoms. The molecule has 28 heavy (non-hydrogen) atoms. The van der Waals surface area contributed by atoms with Crippen LogP contribution in [-0.2, 0) is 18.0 Å². The lowest BCUT2D eigenvalue weighted by Crippen LogP contribution is -2.42. The summed E-state index contributed by atoms with van der Waals surface area (Å²) < 4.78 is 2.07. The summed E-state index contributed by atoms with van der Waals surface area (Å²) in [6.07, 6.45) is 8.03. The first-order chi connectivity index (χ1) is 13.5. The predicted octanol–water partition coefficient (Wildman–Crippen LogP) is 3.38. The standard InChI is InChI=1S/C21H30N6O/c1-6-8-24-10-15(3)17(5)20-21(24)27-13-26(12-18(27)9-22-20)28-14-25-11-16(4)23-19(25)7-2/h9,11-12H,6-8,10,13-14H2,1-5H3. The van der Waals surface area contributed by atoms with Crippen molar-refractivity contribution in [1.82, 2.24) is 24.4 Å². The van der Waals surface area contributed by atoms with E-state index in [0.717, 1.165) is 48.8 Å². The van der Waals surface area contributed by atoms with Crippen molar-refractivity contribution in [2.75, 3.05) is 19.8 Å². The zero-order valence-electron chi connectivity index (χ0n) is 17.6. The van der Waals surface area contributed by atoms with Crippen LogP contribution >= 0.6 is 0 Å². The third kappa shape index (κ3) is 3.24. The first-order valence-electron chi connectivity index (χ1n) is 10.1. The number of aliphatic imine (C=N–C) groups is 1. The van der Waals surface area contributed by atoms with Gasteiger partial charge in [-0.2, -0.15) is 0 Å². The molecule has 0 saturated carbocycles. The Balaban J connectivity index is 1.53. The molecule has 1 aromatic rings. The summed E-state index contributed by atoms with van der Waals surface area (Å²) in [5, 5.41) is 1.90. The van der Waals surface area contributed by atoms with Gasteiger partial charge in [-0.15, -0.1) is 0 Å². The van der Waals surface area contributed by atoms with Crippen molar-refractivity contribution in [2.45, 2.75) is 54.2 Å². The fourth-order valence-electron chi connectivity index (χ4n) is 4.01. The third-order valence-corrected chi connectivity index (χ3v) is 5.54. The minimum absolute atomic E-state index is 0.460. The van der Waals surface area contributed by atoms with Gasteiger partial charge in [0.15, 0.2) is 6.73 Å². The smallest absolute Gasteiger partial charge is 0.151 e. The summed E-state index contributed by atoms with van der Waals surface area (Å²) in [5.41, 5.74) is 5.87. The van der Waals surface area contributed by atoms with Crippen molar-refractivity contribution in [3.8, 4) is 0 Å². The quantitative estimate of drug-likeness (QED) is 0.755. The number of imidazole rings is 1. The summed E-state index contributed by atoms with van der Waals surface area (Å²) in [6, 6.07) is 0. The molecule has 4 rings (SSSR count). The van der Waals surface area contributed by atoms with Crippen LogP contribution in [0.4, 0.5) is 0 Å². The van der Waals surface area contributed by atoms with Gasteiger partial charge in [-0.3, -0.25) is 9.83 Å². The van der Waals surface area contributed by atoms with Crippen LogP contribution in [0, 0.1) is 6.92 Å². The van der Waals surface area contributed by atoms with E-state index in [1.165, 1.54) is 17.0 Å². The number of allylic oxidation sites excluding steroid dienone is 2. The number of rotatable bonds is 6. The van der Waals surface area contributed by atoms with Gasteiger partial charge < -0.3 is 14.4 Å².